The molecule has 0 unspecified atom stereocenters. The Morgan fingerprint density at radius 3 is 2.50 bits per heavy atom. The van der Waals surface area contributed by atoms with Gasteiger partial charge in [-0.1, -0.05) is 30.3 Å². The molecule has 1 aliphatic carbocycles. The Morgan fingerprint density at radius 1 is 1.12 bits per heavy atom. The third-order valence-electron chi connectivity index (χ3n) is 6.29. The summed E-state index contributed by atoms with van der Waals surface area (Å²) in [6.45, 7) is 2.06. The number of carbonyl (C=O) groups is 1. The van der Waals surface area contributed by atoms with Crippen LogP contribution in [-0.2, 0) is 11.3 Å². The zero-order valence-electron chi connectivity index (χ0n) is 18.8. The molecule has 7 nitrogen and oxygen atoms in total. The highest BCUT2D eigenvalue weighted by molar-refractivity contribution is 5.81. The number of fused-ring (bicyclic) bond motifs is 1. The minimum Gasteiger partial charge on any atom is -0.493 e. The molecule has 7 heteroatoms. The van der Waals surface area contributed by atoms with E-state index in [9.17, 15) is 9.59 Å². The fraction of sp³-hybridized carbons (Fsp3) is 0.400. The summed E-state index contributed by atoms with van der Waals surface area (Å²) in [5.74, 6) is 1.21. The van der Waals surface area contributed by atoms with Crippen LogP contribution in [0.5, 0.6) is 11.5 Å². The second-order valence-corrected chi connectivity index (χ2v) is 8.36. The maximum Gasteiger partial charge on any atom is 0.261 e. The van der Waals surface area contributed by atoms with Crippen molar-refractivity contribution in [2.45, 2.75) is 51.3 Å². The maximum absolute atomic E-state index is 13.1. The molecule has 1 saturated carbocycles. The number of amides is 1. The third kappa shape index (κ3) is 4.61. The van der Waals surface area contributed by atoms with Gasteiger partial charge in [0.05, 0.1) is 37.0 Å². The molecule has 1 aliphatic rings. The van der Waals surface area contributed by atoms with Crippen LogP contribution in [0.4, 0.5) is 0 Å². The molecule has 0 saturated heterocycles. The minimum atomic E-state index is -0.113. The molecule has 168 valence electrons. The summed E-state index contributed by atoms with van der Waals surface area (Å²) in [5, 5.41) is 0.504. The van der Waals surface area contributed by atoms with Crippen LogP contribution < -0.4 is 15.0 Å². The average Bonchev–Trinajstić information content (AvgIpc) is 2.81. The van der Waals surface area contributed by atoms with E-state index in [0.29, 0.717) is 28.9 Å². The van der Waals surface area contributed by atoms with Gasteiger partial charge in [-0.25, -0.2) is 4.98 Å². The van der Waals surface area contributed by atoms with E-state index in [0.717, 1.165) is 31.2 Å². The molecule has 4 rings (SSSR count). The monoisotopic (exact) mass is 435 g/mol. The van der Waals surface area contributed by atoms with Crippen molar-refractivity contribution in [1.82, 2.24) is 14.5 Å². The molecular weight excluding hydrogens is 406 g/mol. The van der Waals surface area contributed by atoms with Gasteiger partial charge >= 0.3 is 0 Å². The molecule has 0 N–H and O–H groups in total. The topological polar surface area (TPSA) is 73.7 Å². The number of nitrogens with zero attached hydrogens (tertiary/aromatic N) is 3. The summed E-state index contributed by atoms with van der Waals surface area (Å²) < 4.78 is 13.4. The third-order valence-corrected chi connectivity index (χ3v) is 6.29. The Kier molecular flexibility index (Phi) is 6.44. The van der Waals surface area contributed by atoms with Gasteiger partial charge in [-0.2, -0.15) is 0 Å². The number of hydrogen-bond donors (Lipinski definition) is 0. The highest BCUT2D eigenvalue weighted by atomic mass is 16.5. The first-order valence-electron chi connectivity index (χ1n) is 11.0. The van der Waals surface area contributed by atoms with E-state index in [-0.39, 0.29) is 23.6 Å². The van der Waals surface area contributed by atoms with E-state index < -0.39 is 0 Å². The SMILES string of the molecule is COc1cc2ncn(Cc3ccccc3)c(=O)c2cc1OC1CCC(N(C)C(C)=O)CC1. The molecule has 32 heavy (non-hydrogen) atoms. The summed E-state index contributed by atoms with van der Waals surface area (Å²) >= 11 is 0. The predicted molar refractivity (Wildman–Crippen MR) is 123 cm³/mol. The van der Waals surface area contributed by atoms with Crippen molar-refractivity contribution in [3.8, 4) is 11.5 Å². The standard InChI is InChI=1S/C25H29N3O4/c1-17(29)27(2)19-9-11-20(12-10-19)32-24-13-21-22(14-23(24)31-3)26-16-28(25(21)30)15-18-7-5-4-6-8-18/h4-8,13-14,16,19-20H,9-12,15H2,1-3H3. The van der Waals surface area contributed by atoms with Crippen LogP contribution in [0, 0.1) is 0 Å². The molecule has 1 heterocycles. The minimum absolute atomic E-state index is 0.0150. The van der Waals surface area contributed by atoms with Gasteiger partial charge in [-0.15, -0.1) is 0 Å². The Hall–Kier alpha value is -3.35. The van der Waals surface area contributed by atoms with Crippen molar-refractivity contribution >= 4 is 16.8 Å². The number of rotatable bonds is 6. The highest BCUT2D eigenvalue weighted by Crippen LogP contribution is 2.34. The van der Waals surface area contributed by atoms with Gasteiger partial charge in [0.15, 0.2) is 11.5 Å². The van der Waals surface area contributed by atoms with Gasteiger partial charge in [0.1, 0.15) is 0 Å². The summed E-state index contributed by atoms with van der Waals surface area (Å²) in [7, 11) is 3.44. The van der Waals surface area contributed by atoms with Crippen LogP contribution >= 0.6 is 0 Å². The predicted octanol–water partition coefficient (Wildman–Crippen LogP) is 3.62. The largest absolute Gasteiger partial charge is 0.493 e. The molecule has 0 spiro atoms. The van der Waals surface area contributed by atoms with E-state index in [1.165, 1.54) is 0 Å². The molecule has 1 amide bonds. The smallest absolute Gasteiger partial charge is 0.261 e. The van der Waals surface area contributed by atoms with Crippen LogP contribution in [0.15, 0.2) is 53.6 Å². The van der Waals surface area contributed by atoms with Gasteiger partial charge in [0.2, 0.25) is 5.91 Å². The second kappa shape index (κ2) is 9.42. The number of aromatic nitrogens is 2. The maximum atomic E-state index is 13.1. The van der Waals surface area contributed by atoms with Crippen molar-refractivity contribution in [3.63, 3.8) is 0 Å². The first-order chi connectivity index (χ1) is 15.5. The molecule has 3 aromatic rings. The molecule has 1 aromatic heterocycles. The molecular formula is C25H29N3O4. The van der Waals surface area contributed by atoms with E-state index in [1.807, 2.05) is 42.3 Å². The number of benzene rings is 2. The average molecular weight is 436 g/mol. The van der Waals surface area contributed by atoms with E-state index >= 15 is 0 Å². The lowest BCUT2D eigenvalue weighted by atomic mass is 9.92. The normalized spacial score (nSPS) is 18.3. The van der Waals surface area contributed by atoms with Crippen molar-refractivity contribution < 1.29 is 14.3 Å². The van der Waals surface area contributed by atoms with Gasteiger partial charge in [-0.3, -0.25) is 14.2 Å². The zero-order valence-corrected chi connectivity index (χ0v) is 18.8. The summed E-state index contributed by atoms with van der Waals surface area (Å²) in [4.78, 5) is 31.1. The van der Waals surface area contributed by atoms with Crippen LogP contribution in [0.1, 0.15) is 38.2 Å². The van der Waals surface area contributed by atoms with Crippen LogP contribution in [0.3, 0.4) is 0 Å². The van der Waals surface area contributed by atoms with Gasteiger partial charge in [-0.05, 0) is 37.3 Å². The quantitative estimate of drug-likeness (QED) is 0.591. The molecule has 0 atom stereocenters. The second-order valence-electron chi connectivity index (χ2n) is 8.36. The fourth-order valence-corrected chi connectivity index (χ4v) is 4.30. The Labute approximate surface area is 187 Å². The van der Waals surface area contributed by atoms with E-state index in [4.69, 9.17) is 9.47 Å². The van der Waals surface area contributed by atoms with Gasteiger partial charge < -0.3 is 14.4 Å². The summed E-state index contributed by atoms with van der Waals surface area (Å²) in [6, 6.07) is 13.6. The van der Waals surface area contributed by atoms with Crippen LogP contribution in [0.2, 0.25) is 0 Å². The summed E-state index contributed by atoms with van der Waals surface area (Å²) in [5.41, 5.74) is 1.50. The van der Waals surface area contributed by atoms with Gasteiger partial charge in [0.25, 0.3) is 5.56 Å². The molecule has 0 aliphatic heterocycles. The van der Waals surface area contributed by atoms with E-state index in [2.05, 4.69) is 4.98 Å². The highest BCUT2D eigenvalue weighted by Gasteiger charge is 2.27. The molecule has 1 fully saturated rings. The van der Waals surface area contributed by atoms with Crippen LogP contribution in [0.25, 0.3) is 10.9 Å². The number of methoxy groups -OCH3 is 1. The lowest BCUT2D eigenvalue weighted by molar-refractivity contribution is -0.130. The lowest BCUT2D eigenvalue weighted by Gasteiger charge is -2.34. The first kappa shape index (κ1) is 21.9. The molecule has 2 aromatic carbocycles. The van der Waals surface area contributed by atoms with Crippen LogP contribution in [-0.4, -0.2) is 46.7 Å². The Balaban J connectivity index is 1.57. The van der Waals surface area contributed by atoms with E-state index in [1.54, 1.807) is 37.1 Å². The number of hydrogen-bond acceptors (Lipinski definition) is 5. The molecule has 0 bridgehead atoms. The van der Waals surface area contributed by atoms with Crippen molar-refractivity contribution in [1.29, 1.82) is 0 Å². The van der Waals surface area contributed by atoms with Crippen molar-refractivity contribution in [2.24, 2.45) is 0 Å². The number of ether oxygens (including phenoxy) is 2. The van der Waals surface area contributed by atoms with Crippen molar-refractivity contribution in [2.75, 3.05) is 14.2 Å². The lowest BCUT2D eigenvalue weighted by Crippen LogP contribution is -2.40. The summed E-state index contributed by atoms with van der Waals surface area (Å²) in [6.07, 6.45) is 5.05. The fourth-order valence-electron chi connectivity index (χ4n) is 4.30. The number of carbonyl (C=O) groups excluding carboxylic acids is 1. The zero-order chi connectivity index (χ0) is 22.7. The van der Waals surface area contributed by atoms with Crippen molar-refractivity contribution in [3.05, 3.63) is 64.7 Å². The van der Waals surface area contributed by atoms with Gasteiger partial charge in [0, 0.05) is 26.1 Å². The molecule has 0 radical (unpaired) electrons. The Morgan fingerprint density at radius 2 is 1.84 bits per heavy atom. The Bertz CT molecular complexity index is 1150. The first-order valence-corrected chi connectivity index (χ1v) is 11.0.